The molecule has 11 aromatic rings. The van der Waals surface area contributed by atoms with Crippen LogP contribution in [0.5, 0.6) is 11.5 Å². The molecule has 0 spiro atoms. The van der Waals surface area contributed by atoms with Gasteiger partial charge in [-0.1, -0.05) is 140 Å². The molecule has 0 saturated carbocycles. The summed E-state index contributed by atoms with van der Waals surface area (Å²) in [6, 6.07) is 74.5. The molecule has 0 N–H and O–H groups in total. The van der Waals surface area contributed by atoms with Crippen molar-refractivity contribution in [3.63, 3.8) is 0 Å². The van der Waals surface area contributed by atoms with E-state index in [1.165, 1.54) is 82.6 Å². The van der Waals surface area contributed by atoms with Crippen LogP contribution in [0, 0.1) is 0 Å². The van der Waals surface area contributed by atoms with E-state index >= 15 is 0 Å². The van der Waals surface area contributed by atoms with E-state index in [4.69, 9.17) is 4.74 Å². The van der Waals surface area contributed by atoms with Gasteiger partial charge in [0.25, 0.3) is 0 Å². The molecule has 1 aliphatic rings. The van der Waals surface area contributed by atoms with Crippen molar-refractivity contribution < 1.29 is 4.74 Å². The summed E-state index contributed by atoms with van der Waals surface area (Å²) >= 11 is 0. The Hall–Kier alpha value is -7.62. The second kappa shape index (κ2) is 12.5. The summed E-state index contributed by atoms with van der Waals surface area (Å²) in [7, 11) is 0. The van der Waals surface area contributed by atoms with Gasteiger partial charge in [0.15, 0.2) is 11.5 Å². The second-order valence-electron chi connectivity index (χ2n) is 14.9. The molecule has 1 aliphatic heterocycles. The molecule has 0 amide bonds. The highest BCUT2D eigenvalue weighted by atomic mass is 16.5. The number of hydrogen-bond acceptors (Lipinski definition) is 1. The van der Waals surface area contributed by atoms with E-state index in [0.717, 1.165) is 28.4 Å². The molecule has 0 radical (unpaired) electrons. The maximum absolute atomic E-state index is 6.33. The first-order chi connectivity index (χ1) is 28.2. The summed E-state index contributed by atoms with van der Waals surface area (Å²) in [5.41, 5.74) is 16.6. The smallest absolute Gasteiger partial charge is 0.152 e. The van der Waals surface area contributed by atoms with Crippen LogP contribution < -0.4 is 4.74 Å². The average molecular weight is 727 g/mol. The van der Waals surface area contributed by atoms with Gasteiger partial charge in [0, 0.05) is 27.2 Å². The molecule has 0 atom stereocenters. The van der Waals surface area contributed by atoms with Crippen molar-refractivity contribution in [1.29, 1.82) is 0 Å². The van der Waals surface area contributed by atoms with E-state index in [9.17, 15) is 0 Å². The van der Waals surface area contributed by atoms with E-state index in [1.807, 2.05) is 12.1 Å². The maximum Gasteiger partial charge on any atom is 0.152 e. The first-order valence-corrected chi connectivity index (χ1v) is 19.5. The Balaban J connectivity index is 0.905. The number of rotatable bonds is 5. The Morgan fingerprint density at radius 1 is 0.281 bits per heavy atom. The van der Waals surface area contributed by atoms with Crippen molar-refractivity contribution >= 4 is 43.6 Å². The fourth-order valence-electron chi connectivity index (χ4n) is 8.98. The number of para-hydroxylation sites is 3. The summed E-state index contributed by atoms with van der Waals surface area (Å²) in [4.78, 5) is 0. The lowest BCUT2D eigenvalue weighted by molar-refractivity contribution is 0.476. The minimum Gasteiger partial charge on any atom is -0.453 e. The van der Waals surface area contributed by atoms with Gasteiger partial charge >= 0.3 is 0 Å². The third kappa shape index (κ3) is 4.99. The van der Waals surface area contributed by atoms with Gasteiger partial charge in [-0.05, 0) is 111 Å². The predicted octanol–water partition coefficient (Wildman–Crippen LogP) is 14.7. The molecule has 9 aromatic carbocycles. The molecule has 0 unspecified atom stereocenters. The van der Waals surface area contributed by atoms with E-state index in [1.54, 1.807) is 0 Å². The molecule has 0 saturated heterocycles. The Labute approximate surface area is 329 Å². The Kier molecular flexibility index (Phi) is 6.93. The largest absolute Gasteiger partial charge is 0.453 e. The fraction of sp³-hybridized carbons (Fsp3) is 0. The SMILES string of the molecule is c1ccc(-c2ccc3c(c2)c2cc(-c4ccccc4)ccc2n3-c2ccc(-c3ccc(-c4ccc5c(c4)c4cccc6c4n5-c4ccccc4O6)cc3)cc2)cc1. The van der Waals surface area contributed by atoms with E-state index in [2.05, 4.69) is 203 Å². The summed E-state index contributed by atoms with van der Waals surface area (Å²) in [5.74, 6) is 1.78. The van der Waals surface area contributed by atoms with Crippen LogP contribution in [0.4, 0.5) is 0 Å². The maximum atomic E-state index is 6.33. The number of nitrogens with zero attached hydrogens (tertiary/aromatic N) is 2. The topological polar surface area (TPSA) is 19.1 Å². The van der Waals surface area contributed by atoms with Crippen molar-refractivity contribution in [2.24, 2.45) is 0 Å². The van der Waals surface area contributed by atoms with E-state index < -0.39 is 0 Å². The minimum atomic E-state index is 0.882. The highest BCUT2D eigenvalue weighted by Gasteiger charge is 2.23. The Bertz CT molecular complexity index is 3240. The lowest BCUT2D eigenvalue weighted by Crippen LogP contribution is -2.03. The van der Waals surface area contributed by atoms with Crippen LogP contribution in [0.15, 0.2) is 206 Å². The lowest BCUT2D eigenvalue weighted by atomic mass is 9.99. The van der Waals surface area contributed by atoms with Gasteiger partial charge in [0.1, 0.15) is 0 Å². The molecule has 266 valence electrons. The van der Waals surface area contributed by atoms with Crippen molar-refractivity contribution in [3.8, 4) is 67.4 Å². The van der Waals surface area contributed by atoms with Gasteiger partial charge in [-0.25, -0.2) is 0 Å². The molecule has 0 bridgehead atoms. The van der Waals surface area contributed by atoms with Crippen LogP contribution >= 0.6 is 0 Å². The highest BCUT2D eigenvalue weighted by molar-refractivity contribution is 6.13. The summed E-state index contributed by atoms with van der Waals surface area (Å²) in [6.07, 6.45) is 0. The van der Waals surface area contributed by atoms with Gasteiger partial charge in [-0.3, -0.25) is 0 Å². The summed E-state index contributed by atoms with van der Waals surface area (Å²) in [5, 5.41) is 4.92. The molecule has 2 aromatic heterocycles. The molecule has 3 heteroatoms. The zero-order chi connectivity index (χ0) is 37.5. The average Bonchev–Trinajstić information content (AvgIpc) is 3.80. The molecule has 3 heterocycles. The van der Waals surface area contributed by atoms with Crippen LogP contribution in [0.2, 0.25) is 0 Å². The van der Waals surface area contributed by atoms with Gasteiger partial charge in [0.2, 0.25) is 0 Å². The number of fused-ring (bicyclic) bond motifs is 8. The lowest BCUT2D eigenvalue weighted by Gasteiger charge is -2.20. The molecule has 0 fully saturated rings. The predicted molar refractivity (Wildman–Crippen MR) is 237 cm³/mol. The summed E-state index contributed by atoms with van der Waals surface area (Å²) in [6.45, 7) is 0. The zero-order valence-electron chi connectivity index (χ0n) is 30.9. The van der Waals surface area contributed by atoms with Crippen molar-refractivity contribution in [1.82, 2.24) is 9.13 Å². The minimum absolute atomic E-state index is 0.882. The molecular formula is C54H34N2O. The van der Waals surface area contributed by atoms with Crippen LogP contribution in [-0.4, -0.2) is 9.13 Å². The molecule has 3 nitrogen and oxygen atoms in total. The van der Waals surface area contributed by atoms with Crippen LogP contribution in [0.1, 0.15) is 0 Å². The third-order valence-electron chi connectivity index (χ3n) is 11.7. The number of ether oxygens (including phenoxy) is 1. The van der Waals surface area contributed by atoms with Crippen LogP contribution in [0.25, 0.3) is 99.5 Å². The number of benzene rings is 9. The van der Waals surface area contributed by atoms with Gasteiger partial charge in [0.05, 0.1) is 27.8 Å². The van der Waals surface area contributed by atoms with Gasteiger partial charge in [-0.2, -0.15) is 0 Å². The molecular weight excluding hydrogens is 693 g/mol. The fourth-order valence-corrected chi connectivity index (χ4v) is 8.98. The van der Waals surface area contributed by atoms with Gasteiger partial charge < -0.3 is 13.9 Å². The third-order valence-corrected chi connectivity index (χ3v) is 11.7. The first kappa shape index (κ1) is 31.7. The molecule has 0 aliphatic carbocycles. The monoisotopic (exact) mass is 726 g/mol. The quantitative estimate of drug-likeness (QED) is 0.173. The van der Waals surface area contributed by atoms with Crippen LogP contribution in [0.3, 0.4) is 0 Å². The number of aromatic nitrogens is 2. The van der Waals surface area contributed by atoms with Crippen molar-refractivity contribution in [2.45, 2.75) is 0 Å². The van der Waals surface area contributed by atoms with Crippen molar-refractivity contribution in [2.75, 3.05) is 0 Å². The Morgan fingerprint density at radius 2 is 0.702 bits per heavy atom. The van der Waals surface area contributed by atoms with Gasteiger partial charge in [-0.15, -0.1) is 0 Å². The van der Waals surface area contributed by atoms with Crippen LogP contribution in [-0.2, 0) is 0 Å². The normalized spacial score (nSPS) is 12.0. The first-order valence-electron chi connectivity index (χ1n) is 19.5. The summed E-state index contributed by atoms with van der Waals surface area (Å²) < 4.78 is 11.1. The Morgan fingerprint density at radius 3 is 1.28 bits per heavy atom. The highest BCUT2D eigenvalue weighted by Crippen LogP contribution is 2.46. The zero-order valence-corrected chi connectivity index (χ0v) is 30.9. The van der Waals surface area contributed by atoms with E-state index in [0.29, 0.717) is 0 Å². The standard InChI is InChI=1S/C54H34N2O/c1-3-10-35(11-4-1)40-24-29-48-46(33-40)47-34-41(36-12-5-2-6-13-36)25-30-49(47)55(48)43-27-22-38(23-28-43)37-18-20-39(21-19-37)42-26-31-50-45(32-42)44-14-9-17-53-54(44)56(50)51-15-7-8-16-52(51)57-53/h1-34H. The molecule has 12 rings (SSSR count). The van der Waals surface area contributed by atoms with Crippen molar-refractivity contribution in [3.05, 3.63) is 206 Å². The number of hydrogen-bond donors (Lipinski definition) is 0. The molecule has 57 heavy (non-hydrogen) atoms. The van der Waals surface area contributed by atoms with E-state index in [-0.39, 0.29) is 0 Å². The second-order valence-corrected chi connectivity index (χ2v) is 14.9.